The quantitative estimate of drug-likeness (QED) is 0.0313. The van der Waals surface area contributed by atoms with E-state index in [-0.39, 0.29) is 76.1 Å². The first kappa shape index (κ1) is 64.3. The van der Waals surface area contributed by atoms with Gasteiger partial charge in [0.25, 0.3) is 0 Å². The lowest BCUT2D eigenvalue weighted by molar-refractivity contribution is -0.234. The van der Waals surface area contributed by atoms with E-state index in [4.69, 9.17) is 35.2 Å². The zero-order valence-electron chi connectivity index (χ0n) is 48.9. The Labute approximate surface area is 480 Å². The topological polar surface area (TPSA) is 332 Å². The number of allylic oxidation sites excluding steroid dienone is 3. The van der Waals surface area contributed by atoms with Crippen LogP contribution in [0.15, 0.2) is 71.6 Å². The molecule has 6 rings (SSSR count). The second-order valence-electron chi connectivity index (χ2n) is 24.5. The highest BCUT2D eigenvalue weighted by Crippen LogP contribution is 2.81. The number of cyclic esters (lactones) is 2. The molecule has 450 valence electrons. The van der Waals surface area contributed by atoms with Gasteiger partial charge in [0.2, 0.25) is 23.6 Å². The molecule has 3 aliphatic carbocycles. The summed E-state index contributed by atoms with van der Waals surface area (Å²) in [6.45, 7) is 16.4. The molecule has 1 saturated heterocycles. The van der Waals surface area contributed by atoms with Crippen LogP contribution in [0.25, 0.3) is 0 Å². The van der Waals surface area contributed by atoms with E-state index in [1.54, 1.807) is 65.8 Å². The van der Waals surface area contributed by atoms with Crippen LogP contribution in [0.4, 0.5) is 10.5 Å². The van der Waals surface area contributed by atoms with E-state index in [9.17, 15) is 48.3 Å². The molecular formula is C60H85N7O15. The van der Waals surface area contributed by atoms with Crippen LogP contribution in [0.1, 0.15) is 139 Å². The lowest BCUT2D eigenvalue weighted by Crippen LogP contribution is -2.66. The molecule has 22 heteroatoms. The summed E-state index contributed by atoms with van der Waals surface area (Å²) in [6.07, 6.45) is 9.78. The third-order valence-corrected chi connectivity index (χ3v) is 16.6. The Bertz CT molecular complexity index is 2720. The lowest BCUT2D eigenvalue weighted by Gasteiger charge is -2.59. The Kier molecular flexibility index (Phi) is 21.2. The van der Waals surface area contributed by atoms with Gasteiger partial charge in [-0.2, -0.15) is 0 Å². The highest BCUT2D eigenvalue weighted by atomic mass is 16.6. The first-order chi connectivity index (χ1) is 38.6. The first-order valence-electron chi connectivity index (χ1n) is 28.5. The number of primary amides is 1. The number of ether oxygens (including phenoxy) is 5. The molecule has 6 amide bonds. The molecular weight excluding hydrogens is 1060 g/mol. The van der Waals surface area contributed by atoms with Crippen LogP contribution < -0.4 is 38.1 Å². The molecule has 4 unspecified atom stereocenters. The predicted molar refractivity (Wildman–Crippen MR) is 301 cm³/mol. The van der Waals surface area contributed by atoms with Crippen LogP contribution in [-0.2, 0) is 68.6 Å². The molecule has 9 atom stereocenters. The van der Waals surface area contributed by atoms with Crippen molar-refractivity contribution >= 4 is 59.2 Å². The predicted octanol–water partition coefficient (Wildman–Crippen LogP) is 4.87. The summed E-state index contributed by atoms with van der Waals surface area (Å²) in [5, 5.41) is 25.8. The van der Waals surface area contributed by atoms with Crippen molar-refractivity contribution in [1.29, 1.82) is 0 Å². The number of rotatable bonds is 23. The maximum Gasteiger partial charge on any atom is 0.335 e. The Morgan fingerprint density at radius 2 is 1.61 bits per heavy atom. The Hall–Kier alpha value is -6.91. The number of urea groups is 1. The smallest absolute Gasteiger partial charge is 0.335 e. The van der Waals surface area contributed by atoms with Gasteiger partial charge in [-0.15, -0.1) is 0 Å². The van der Waals surface area contributed by atoms with Crippen LogP contribution in [0.2, 0.25) is 0 Å². The van der Waals surface area contributed by atoms with Gasteiger partial charge in [0.15, 0.2) is 0 Å². The molecule has 10 N–H and O–H groups in total. The van der Waals surface area contributed by atoms with E-state index in [0.29, 0.717) is 49.1 Å². The van der Waals surface area contributed by atoms with Gasteiger partial charge in [-0.3, -0.25) is 24.0 Å². The third-order valence-electron chi connectivity index (χ3n) is 16.6. The second kappa shape index (κ2) is 27.0. The molecule has 0 radical (unpaired) electrons. The fraction of sp³-hybridized carbons (Fsp3) is 0.617. The molecule has 1 aromatic carbocycles. The van der Waals surface area contributed by atoms with E-state index in [0.717, 1.165) is 30.6 Å². The summed E-state index contributed by atoms with van der Waals surface area (Å²) in [6, 6.07) is 2.65. The van der Waals surface area contributed by atoms with Gasteiger partial charge in [0.1, 0.15) is 48.8 Å². The van der Waals surface area contributed by atoms with Gasteiger partial charge < -0.3 is 66.8 Å². The van der Waals surface area contributed by atoms with Crippen molar-refractivity contribution in [2.75, 3.05) is 31.6 Å². The van der Waals surface area contributed by atoms with Crippen LogP contribution in [0.3, 0.4) is 0 Å². The second-order valence-corrected chi connectivity index (χ2v) is 24.5. The number of carbonyl (C=O) groups is 9. The number of benzene rings is 1. The van der Waals surface area contributed by atoms with Gasteiger partial charge in [-0.1, -0.05) is 90.8 Å². The fourth-order valence-electron chi connectivity index (χ4n) is 12.0. The molecule has 1 spiro atoms. The van der Waals surface area contributed by atoms with Crippen molar-refractivity contribution in [3.05, 3.63) is 77.1 Å². The summed E-state index contributed by atoms with van der Waals surface area (Å²) >= 11 is 0. The number of carbonyl (C=O) groups excluding carboxylic acids is 9. The van der Waals surface area contributed by atoms with Crippen LogP contribution in [0.5, 0.6) is 0 Å². The maximum atomic E-state index is 14.5. The number of anilines is 1. The van der Waals surface area contributed by atoms with Gasteiger partial charge in [0, 0.05) is 41.8 Å². The summed E-state index contributed by atoms with van der Waals surface area (Å²) in [7, 11) is 0. The van der Waals surface area contributed by atoms with Gasteiger partial charge in [-0.05, 0) is 107 Å². The molecule has 0 aromatic heterocycles. The zero-order chi connectivity index (χ0) is 60.4. The van der Waals surface area contributed by atoms with Crippen LogP contribution in [0, 0.1) is 33.5 Å². The van der Waals surface area contributed by atoms with E-state index >= 15 is 0 Å². The molecule has 2 heterocycles. The number of aliphatic hydroxyl groups is 1. The van der Waals surface area contributed by atoms with E-state index in [1.807, 2.05) is 26.8 Å². The van der Waals surface area contributed by atoms with Gasteiger partial charge >= 0.3 is 29.9 Å². The van der Waals surface area contributed by atoms with Crippen LogP contribution in [-0.4, -0.2) is 121 Å². The summed E-state index contributed by atoms with van der Waals surface area (Å²) in [5.41, 5.74) is 7.66. The Balaban J connectivity index is 1.06. The van der Waals surface area contributed by atoms with Crippen molar-refractivity contribution in [3.8, 4) is 0 Å². The van der Waals surface area contributed by atoms with Crippen molar-refractivity contribution in [1.82, 2.24) is 21.3 Å². The molecule has 2 fully saturated rings. The normalized spacial score (nSPS) is 26.8. The molecule has 2 aliphatic heterocycles. The number of nitrogens with one attached hydrogen (secondary N) is 5. The minimum Gasteiger partial charge on any atom is -0.463 e. The summed E-state index contributed by atoms with van der Waals surface area (Å²) in [5.74, 6) is -5.22. The SMILES string of the molecule is CC1=C[C@H]2OC3C4=C5OC(=O)/C=C\C=C\C(=O)OCC[C@@H](C)C(NC(=O)C(C)(C)CC(C)(C)CC(=O)OCc6ccc(NC(=O)[C@H](CCCNC(N)=O)NC(=O)C(NC(=O)CCCCCN)C(C)C)cc6)C(=O)OC[C@@]2(CC1)C5(C)[C@]43O. The molecule has 1 aromatic rings. The monoisotopic (exact) mass is 1140 g/mol. The van der Waals surface area contributed by atoms with Gasteiger partial charge in [-0.25, -0.2) is 19.2 Å². The number of esters is 4. The van der Waals surface area contributed by atoms with Crippen LogP contribution >= 0.6 is 0 Å². The molecule has 5 aliphatic rings. The minimum atomic E-state index is -1.44. The fourth-order valence-corrected chi connectivity index (χ4v) is 12.0. The third kappa shape index (κ3) is 15.0. The Morgan fingerprint density at radius 3 is 2.28 bits per heavy atom. The zero-order valence-corrected chi connectivity index (χ0v) is 48.9. The number of fused-ring (bicyclic) bond motifs is 1. The molecule has 82 heavy (non-hydrogen) atoms. The highest BCUT2D eigenvalue weighted by Gasteiger charge is 2.90. The van der Waals surface area contributed by atoms with Crippen molar-refractivity contribution in [2.45, 2.75) is 175 Å². The lowest BCUT2D eigenvalue weighted by atomic mass is 9.49. The standard InChI is InChI=1S/C60H85N7O15/c1-35(2)47(66-42(68)17-11-10-14-27-61)52(73)65-40(16-15-28-63-55(62)76)51(72)64-39-22-20-38(21-23-39)32-79-45(71)31-56(5,6)33-57(7,8)54(75)67-48-37(4)25-29-78-43(69)18-12-13-19-44(70)82-49-46-50-60(46,77)58(49,9)59(34-80-53(48)74)26-24-36(3)30-41(59)81-50/h12-13,18-23,30,35,37,40-41,47-48,50,77H,10-11,14-17,24-29,31-34,61H2,1-9H3,(H,64,72)(H,65,73)(H,66,68)(H,67,75)(H3,62,63,76)/b18-12+,19-13-/t37-,40+,41-,47?,48?,50?,58?,59-,60+/m1/s1. The highest BCUT2D eigenvalue weighted by molar-refractivity contribution is 5.98. The number of amides is 6. The van der Waals surface area contributed by atoms with Crippen molar-refractivity contribution in [2.24, 2.45) is 45.0 Å². The minimum absolute atomic E-state index is 0.0772. The number of unbranched alkanes of at least 4 members (excludes halogenated alkanes) is 2. The average Bonchev–Trinajstić information content (AvgIpc) is 1.43. The largest absolute Gasteiger partial charge is 0.463 e. The van der Waals surface area contributed by atoms with Crippen molar-refractivity contribution in [3.63, 3.8) is 0 Å². The number of nitrogens with two attached hydrogens (primary N) is 2. The van der Waals surface area contributed by atoms with E-state index < -0.39 is 111 Å². The number of hydrogen-bond acceptors (Lipinski definition) is 16. The van der Waals surface area contributed by atoms with E-state index in [2.05, 4.69) is 26.6 Å². The van der Waals surface area contributed by atoms with Gasteiger partial charge in [0.05, 0.1) is 30.0 Å². The van der Waals surface area contributed by atoms with E-state index in [1.165, 1.54) is 12.2 Å². The summed E-state index contributed by atoms with van der Waals surface area (Å²) in [4.78, 5) is 119. The van der Waals surface area contributed by atoms with Crippen molar-refractivity contribution < 1.29 is 71.9 Å². The Morgan fingerprint density at radius 1 is 0.915 bits per heavy atom. The first-order valence-corrected chi connectivity index (χ1v) is 28.5. The molecule has 1 saturated carbocycles. The molecule has 22 nitrogen and oxygen atoms in total. The summed E-state index contributed by atoms with van der Waals surface area (Å²) < 4.78 is 29.7. The molecule has 0 bridgehead atoms. The maximum absolute atomic E-state index is 14.5. The number of hydrogen-bond donors (Lipinski definition) is 8. The average molecular weight is 1140 g/mol.